The van der Waals surface area contributed by atoms with E-state index in [4.69, 9.17) is 40.7 Å². The van der Waals surface area contributed by atoms with Crippen molar-refractivity contribution in [2.45, 2.75) is 0 Å². The van der Waals surface area contributed by atoms with Gasteiger partial charge in [0, 0.05) is 0 Å². The molecule has 0 saturated heterocycles. The number of aliphatic imine (C=N–C) groups is 6. The monoisotopic (exact) mass is 2050 g/mol. The van der Waals surface area contributed by atoms with Gasteiger partial charge in [-0.2, -0.15) is 0 Å². The zero-order chi connectivity index (χ0) is 85.1. The molecule has 42 heteroatoms. The molecule has 12 aromatic carbocycles. The van der Waals surface area contributed by atoms with Crippen molar-refractivity contribution in [3.63, 3.8) is 0 Å². The normalized spacial score (nSPS) is 16.8. The second kappa shape index (κ2) is 37.0. The van der Waals surface area contributed by atoms with Crippen molar-refractivity contribution in [1.29, 1.82) is 0 Å². The fourth-order valence-corrected chi connectivity index (χ4v) is 26.4. The van der Waals surface area contributed by atoms with Gasteiger partial charge in [0.2, 0.25) is 0 Å². The van der Waals surface area contributed by atoms with E-state index in [1.54, 1.807) is 146 Å². The molecule has 120 heavy (non-hydrogen) atoms. The van der Waals surface area contributed by atoms with E-state index in [0.717, 1.165) is 0 Å². The summed E-state index contributed by atoms with van der Waals surface area (Å²) in [6.07, 6.45) is 8.99. The Bertz CT molecular complexity index is 5420. The molecule has 0 atom stereocenters. The van der Waals surface area contributed by atoms with Crippen LogP contribution in [0.4, 0.5) is 34.1 Å². The van der Waals surface area contributed by atoms with E-state index in [0.29, 0.717) is 67.5 Å². The molecule has 12 aromatic rings. The number of rotatable bonds is 30. The van der Waals surface area contributed by atoms with Gasteiger partial charge < -0.3 is 0 Å². The molecule has 612 valence electrons. The number of benzene rings is 12. The molecule has 0 unspecified atom stereocenters. The standard InChI is InChI=1S/C78H66As6N9O24P3/c94-79(95,96)61-13-25-67(26-14-61)85-49-55-1-37-73(38-2-55)112-118(113-74-39-3-56(4-40-74)50-86-68-27-15-62(16-28-68)80(97,98)99)91-119(114-75-41-5-57(6-42-75)51-87-69-29-17-63(18-30-69)81(100,101)102,115-76-43-7-58(8-44-76)52-88-70-31-19-64(20-32-70)82(103,104)105)93-120(92-118,116-77-45-9-59(10-46-77)53-89-71-33-21-65(22-34-71)83(106,107)108)117-78-47-11-60(12-48-78)54-90-72-35-23-66(24-36-72)84(109,110)111/h1-54H,(H2,94,95,96)(H2,97,98,99)(H2,100,101,102)(H2,103,104,105)(H2,106,107,108)(H2,109,110,111). The van der Waals surface area contributed by atoms with Crippen LogP contribution in [-0.2, 0) is 22.4 Å². The summed E-state index contributed by atoms with van der Waals surface area (Å²) in [5.41, 5.74) is 5.19. The molecule has 1 heterocycles. The summed E-state index contributed by atoms with van der Waals surface area (Å²) in [5.74, 6) is 0.237. The Kier molecular flexibility index (Phi) is 27.0. The molecule has 0 aromatic heterocycles. The third-order valence-corrected chi connectivity index (χ3v) is 36.9. The molecule has 12 N–H and O–H groups in total. The minimum absolute atomic E-state index is 0.0395. The summed E-state index contributed by atoms with van der Waals surface area (Å²) in [4.78, 5) is 27.1. The molecule has 1 aliphatic heterocycles. The van der Waals surface area contributed by atoms with Crippen LogP contribution in [0.15, 0.2) is 335 Å². The summed E-state index contributed by atoms with van der Waals surface area (Å²) in [5, 5.41) is 0. The van der Waals surface area contributed by atoms with Gasteiger partial charge in [-0.25, -0.2) is 0 Å². The zero-order valence-corrected chi connectivity index (χ0v) is 75.4. The van der Waals surface area contributed by atoms with Crippen LogP contribution in [0.1, 0.15) is 33.4 Å². The van der Waals surface area contributed by atoms with Gasteiger partial charge >= 0.3 is 693 Å². The van der Waals surface area contributed by atoms with Crippen LogP contribution in [0.3, 0.4) is 0 Å². The Balaban J connectivity index is 1.00. The first-order valence-corrected chi connectivity index (χ1v) is 59.7. The molecular formula is C78H66As6N9O24P3. The van der Waals surface area contributed by atoms with Crippen molar-refractivity contribution in [2.24, 2.45) is 43.5 Å². The van der Waals surface area contributed by atoms with Crippen molar-refractivity contribution in [3.05, 3.63) is 325 Å². The van der Waals surface area contributed by atoms with Crippen LogP contribution < -0.4 is 53.2 Å². The second-order valence-electron chi connectivity index (χ2n) is 25.6. The Morgan fingerprint density at radius 3 is 0.417 bits per heavy atom. The summed E-state index contributed by atoms with van der Waals surface area (Å²) < 4.78 is 249. The Morgan fingerprint density at radius 1 is 0.192 bits per heavy atom. The molecule has 0 radical (unpaired) electrons. The molecule has 33 nitrogen and oxygen atoms in total. The second-order valence-corrected chi connectivity index (χ2v) is 52.0. The van der Waals surface area contributed by atoms with Gasteiger partial charge in [0.1, 0.15) is 0 Å². The third kappa shape index (κ3) is 24.6. The van der Waals surface area contributed by atoms with Gasteiger partial charge in [-0.3, -0.25) is 0 Å². The Labute approximate surface area is 700 Å². The maximum atomic E-state index is 12.1. The fraction of sp³-hybridized carbons (Fsp3) is 0. The first kappa shape index (κ1) is 87.6. The summed E-state index contributed by atoms with van der Waals surface area (Å²) >= 11 is -31.4. The molecular weight excluding hydrogens is 1990 g/mol. The van der Waals surface area contributed by atoms with Crippen LogP contribution in [-0.4, -0.2) is 171 Å². The zero-order valence-electron chi connectivity index (χ0n) is 61.5. The van der Waals surface area contributed by atoms with Crippen molar-refractivity contribution >= 4 is 206 Å². The number of hydrogen-bond acceptors (Lipinski definition) is 21. The molecule has 0 amide bonds. The third-order valence-electron chi connectivity index (χ3n) is 16.6. The van der Waals surface area contributed by atoms with Gasteiger partial charge in [0.15, 0.2) is 0 Å². The SMILES string of the molecule is O=[As](O)(O)c1ccc(N=Cc2ccc(OP3(Oc4ccc(C=Nc5ccc([As](=O)(O)O)cc5)cc4)=NP(Oc4ccc(C=Nc5ccc([As](=O)(O)O)cc5)cc4)(Oc4ccc(C=Nc5ccc([As](=O)(O)O)cc5)cc4)=NP(Oc4ccc(C=Nc5ccc([As](=O)(O)O)cc5)cc4)(Oc4ccc(C=Nc5ccc([As](=O)(O)O)cc5)cc4)=N3)cc2)cc1. The summed E-state index contributed by atoms with van der Waals surface area (Å²) in [7, 11) is -14.4. The van der Waals surface area contributed by atoms with Gasteiger partial charge in [-0.1, -0.05) is 13.5 Å². The van der Waals surface area contributed by atoms with Crippen LogP contribution in [0.5, 0.6) is 34.5 Å². The van der Waals surface area contributed by atoms with Crippen LogP contribution in [0, 0.1) is 0 Å². The Morgan fingerprint density at radius 2 is 0.308 bits per heavy atom. The molecule has 0 fully saturated rings. The van der Waals surface area contributed by atoms with E-state index in [1.165, 1.54) is 183 Å². The van der Waals surface area contributed by atoms with Crippen LogP contribution in [0.25, 0.3) is 0 Å². The van der Waals surface area contributed by atoms with Crippen LogP contribution >= 0.6 is 23.0 Å². The maximum absolute atomic E-state index is 12.1. The minimum atomic E-state index is -5.24. The van der Waals surface area contributed by atoms with Gasteiger partial charge in [0.05, 0.1) is 0 Å². The average molecular weight is 2060 g/mol. The van der Waals surface area contributed by atoms with Crippen molar-refractivity contribution in [1.82, 2.24) is 0 Å². The van der Waals surface area contributed by atoms with E-state index < -0.39 is 108 Å². The topological polar surface area (TPSA) is 512 Å². The molecule has 0 saturated carbocycles. The van der Waals surface area contributed by atoms with Gasteiger partial charge in [-0.05, 0) is 0 Å². The molecule has 13 rings (SSSR count). The van der Waals surface area contributed by atoms with Crippen molar-refractivity contribution < 1.29 is 98.7 Å². The van der Waals surface area contributed by atoms with Gasteiger partial charge in [0.25, 0.3) is 0 Å². The van der Waals surface area contributed by atoms with Crippen molar-refractivity contribution in [3.8, 4) is 34.5 Å². The molecule has 0 bridgehead atoms. The Hall–Kier alpha value is -10.2. The quantitative estimate of drug-likeness (QED) is 0.0115. The van der Waals surface area contributed by atoms with E-state index in [1.807, 2.05) is 0 Å². The van der Waals surface area contributed by atoms with E-state index >= 15 is 0 Å². The number of nitrogens with zero attached hydrogens (tertiary/aromatic N) is 9. The number of hydrogen-bond donors (Lipinski definition) is 12. The predicted molar refractivity (Wildman–Crippen MR) is 456 cm³/mol. The molecule has 1 aliphatic rings. The average Bonchev–Trinajstić information content (AvgIpc) is 0.727. The van der Waals surface area contributed by atoms with E-state index in [2.05, 4.69) is 30.0 Å². The fourth-order valence-electron chi connectivity index (χ4n) is 10.6. The van der Waals surface area contributed by atoms with E-state index in [9.17, 15) is 71.6 Å². The first-order chi connectivity index (χ1) is 56.9. The van der Waals surface area contributed by atoms with Crippen LogP contribution in [0.2, 0.25) is 0 Å². The molecule has 0 aliphatic carbocycles. The first-order valence-electron chi connectivity index (χ1n) is 34.8. The predicted octanol–water partition coefficient (Wildman–Crippen LogP) is 8.18. The molecule has 0 spiro atoms. The van der Waals surface area contributed by atoms with E-state index in [-0.39, 0.29) is 60.6 Å². The van der Waals surface area contributed by atoms with Crippen molar-refractivity contribution in [2.75, 3.05) is 0 Å². The van der Waals surface area contributed by atoms with Gasteiger partial charge in [-0.15, -0.1) is 0 Å². The summed E-state index contributed by atoms with van der Waals surface area (Å²) in [6.45, 7) is 0. The summed E-state index contributed by atoms with van der Waals surface area (Å²) in [6, 6.07) is 71.1.